The van der Waals surface area contributed by atoms with E-state index in [9.17, 15) is 0 Å². The number of halogens is 2. The minimum Gasteiger partial charge on any atom is -0.490 e. The van der Waals surface area contributed by atoms with Crippen molar-refractivity contribution < 1.29 is 18.9 Å². The molecule has 4 aromatic carbocycles. The van der Waals surface area contributed by atoms with Crippen LogP contribution in [0, 0.1) is 47.3 Å². The van der Waals surface area contributed by atoms with Crippen LogP contribution in [0.5, 0.6) is 23.0 Å². The van der Waals surface area contributed by atoms with E-state index in [1.807, 2.05) is 0 Å². The maximum atomic E-state index is 7.23. The molecule has 0 N–H and O–H groups in total. The first kappa shape index (κ1) is 62.2. The molecule has 0 aliphatic rings. The van der Waals surface area contributed by atoms with Gasteiger partial charge in [0.1, 0.15) is 11.0 Å². The molecule has 0 saturated carbocycles. The van der Waals surface area contributed by atoms with Crippen molar-refractivity contribution in [3.05, 3.63) is 68.2 Å². The summed E-state index contributed by atoms with van der Waals surface area (Å²) >= 11 is 11.0. The van der Waals surface area contributed by atoms with Gasteiger partial charge in [0.05, 0.1) is 55.8 Å². The minimum absolute atomic E-state index is 0.526. The monoisotopic (exact) mass is 1220 g/mol. The van der Waals surface area contributed by atoms with Gasteiger partial charge >= 0.3 is 0 Å². The third kappa shape index (κ3) is 17.5. The molecule has 0 aliphatic heterocycles. The number of thiophene rings is 2. The van der Waals surface area contributed by atoms with Crippen molar-refractivity contribution in [1.82, 2.24) is 9.97 Å². The number of benzene rings is 4. The van der Waals surface area contributed by atoms with Crippen LogP contribution in [0.4, 0.5) is 0 Å². The summed E-state index contributed by atoms with van der Waals surface area (Å²) in [5.74, 6) is 8.03. The van der Waals surface area contributed by atoms with E-state index in [-0.39, 0.29) is 0 Å². The number of aromatic nitrogens is 2. The summed E-state index contributed by atoms with van der Waals surface area (Å²) in [5, 5.41) is 3.93. The second kappa shape index (κ2) is 30.6. The Hall–Kier alpha value is -3.44. The third-order valence-corrected chi connectivity index (χ3v) is 19.2. The molecule has 0 aliphatic carbocycles. The van der Waals surface area contributed by atoms with Gasteiger partial charge in [-0.05, 0) is 164 Å². The molecule has 4 atom stereocenters. The van der Waals surface area contributed by atoms with E-state index in [1.54, 1.807) is 22.7 Å². The molecule has 3 heterocycles. The number of hydrogen-bond acceptors (Lipinski definition) is 8. The van der Waals surface area contributed by atoms with Crippen molar-refractivity contribution in [2.75, 3.05) is 26.4 Å². The topological polar surface area (TPSA) is 62.7 Å². The van der Waals surface area contributed by atoms with Gasteiger partial charge in [0.2, 0.25) is 0 Å². The Balaban J connectivity index is 1.46. The molecule has 0 amide bonds. The fourth-order valence-electron chi connectivity index (χ4n) is 10.9. The van der Waals surface area contributed by atoms with E-state index in [0.29, 0.717) is 61.9 Å². The second-order valence-electron chi connectivity index (χ2n) is 24.9. The van der Waals surface area contributed by atoms with Crippen LogP contribution in [0.2, 0.25) is 0 Å². The molecular weight excluding hydrogens is 1130 g/mol. The van der Waals surface area contributed by atoms with Crippen LogP contribution >= 0.6 is 54.5 Å². The van der Waals surface area contributed by atoms with Crippen LogP contribution < -0.4 is 18.9 Å². The molecule has 0 saturated heterocycles. The Kier molecular flexibility index (Phi) is 24.4. The molecule has 7 aromatic rings. The lowest BCUT2D eigenvalue weighted by molar-refractivity contribution is 0.239. The summed E-state index contributed by atoms with van der Waals surface area (Å²) in [6, 6.07) is 21.9. The predicted molar refractivity (Wildman–Crippen MR) is 346 cm³/mol. The van der Waals surface area contributed by atoms with Crippen LogP contribution in [0.1, 0.15) is 186 Å². The van der Waals surface area contributed by atoms with Gasteiger partial charge in [-0.3, -0.25) is 0 Å². The van der Waals surface area contributed by atoms with Crippen LogP contribution in [0.3, 0.4) is 0 Å². The predicted octanol–water partition coefficient (Wildman–Crippen LogP) is 23.0. The number of rotatable bonds is 34. The first-order valence-corrected chi connectivity index (χ1v) is 33.4. The lowest BCUT2D eigenvalue weighted by Gasteiger charge is -2.22. The number of fused-ring (bicyclic) bond motifs is 7. The highest BCUT2D eigenvalue weighted by Crippen LogP contribution is 2.50. The molecule has 3 aromatic heterocycles. The van der Waals surface area contributed by atoms with E-state index in [1.165, 1.54) is 77.0 Å². The lowest BCUT2D eigenvalue weighted by Crippen LogP contribution is -2.10. The summed E-state index contributed by atoms with van der Waals surface area (Å²) in [7, 11) is 0. The zero-order valence-electron chi connectivity index (χ0n) is 49.6. The number of nitrogens with zero attached hydrogens (tertiary/aromatic N) is 2. The van der Waals surface area contributed by atoms with E-state index < -0.39 is 0 Å². The van der Waals surface area contributed by atoms with Gasteiger partial charge < -0.3 is 18.9 Å². The van der Waals surface area contributed by atoms with Gasteiger partial charge in [-0.25, -0.2) is 9.97 Å². The van der Waals surface area contributed by atoms with Crippen LogP contribution in [0.15, 0.2) is 68.2 Å². The van der Waals surface area contributed by atoms with Gasteiger partial charge in [0.25, 0.3) is 0 Å². The Bertz CT molecular complexity index is 2780. The Morgan fingerprint density at radius 3 is 0.974 bits per heavy atom. The standard InChI is InChI=1S/C68H94Br2N2O4S2/c1-43(2)17-13-21-47(9)35-39-73-55-29-27-51-52-28-30-56(74-40-36-48(10)22-14-18-44(3)4)68(76-42-38-50(12)24-16-20-46(7)8)62(52)66-65(61(51)67(55)75-41-37-49(11)23-15-19-45(5)6)71-63-53(57-31-33-59(69)77-57)25-26-54(64(63)72-66)58-32-34-60(70)78-58/h25-34,43-50H,13-24,35-42H2,1-12H3. The molecule has 10 heteroatoms. The number of hydrogen-bond donors (Lipinski definition) is 0. The molecule has 0 spiro atoms. The summed E-state index contributed by atoms with van der Waals surface area (Å²) in [6.07, 6.45) is 18.6. The maximum Gasteiger partial charge on any atom is 0.171 e. The van der Waals surface area contributed by atoms with Crippen molar-refractivity contribution in [2.24, 2.45) is 47.3 Å². The Morgan fingerprint density at radius 1 is 0.359 bits per heavy atom. The molecule has 6 nitrogen and oxygen atoms in total. The van der Waals surface area contributed by atoms with E-state index >= 15 is 0 Å². The van der Waals surface area contributed by atoms with Gasteiger partial charge in [-0.1, -0.05) is 172 Å². The van der Waals surface area contributed by atoms with Crippen molar-refractivity contribution >= 4 is 98.1 Å². The van der Waals surface area contributed by atoms with Gasteiger partial charge in [-0.15, -0.1) is 22.7 Å². The highest BCUT2D eigenvalue weighted by Gasteiger charge is 2.27. The van der Waals surface area contributed by atoms with Crippen LogP contribution in [-0.4, -0.2) is 36.4 Å². The largest absolute Gasteiger partial charge is 0.490 e. The van der Waals surface area contributed by atoms with Crippen molar-refractivity contribution in [2.45, 2.75) is 186 Å². The Morgan fingerprint density at radius 2 is 0.679 bits per heavy atom. The van der Waals surface area contributed by atoms with E-state index in [0.717, 1.165) is 133 Å². The van der Waals surface area contributed by atoms with Gasteiger partial charge in [-0.2, -0.15) is 0 Å². The fraction of sp³-hybridized carbons (Fsp3) is 0.588. The first-order valence-electron chi connectivity index (χ1n) is 30.2. The zero-order chi connectivity index (χ0) is 55.9. The summed E-state index contributed by atoms with van der Waals surface area (Å²) in [4.78, 5) is 14.1. The molecule has 0 fully saturated rings. The molecule has 0 bridgehead atoms. The number of ether oxygens (including phenoxy) is 4. The fourth-order valence-corrected chi connectivity index (χ4v) is 13.7. The average Bonchev–Trinajstić information content (AvgIpc) is 4.09. The molecular formula is C68H94Br2N2O4S2. The maximum absolute atomic E-state index is 7.23. The first-order chi connectivity index (χ1) is 37.5. The van der Waals surface area contributed by atoms with Crippen molar-refractivity contribution in [3.8, 4) is 43.9 Å². The summed E-state index contributed by atoms with van der Waals surface area (Å²) in [5.41, 5.74) is 5.34. The quantitative estimate of drug-likeness (QED) is 0.0296. The molecule has 426 valence electrons. The molecule has 7 rings (SSSR count). The normalized spacial score (nSPS) is 13.8. The van der Waals surface area contributed by atoms with E-state index in [2.05, 4.69) is 176 Å². The highest BCUT2D eigenvalue weighted by atomic mass is 79.9. The lowest BCUT2D eigenvalue weighted by atomic mass is 9.96. The van der Waals surface area contributed by atoms with E-state index in [4.69, 9.17) is 28.9 Å². The smallest absolute Gasteiger partial charge is 0.171 e. The third-order valence-electron chi connectivity index (χ3n) is 15.9. The van der Waals surface area contributed by atoms with Crippen LogP contribution in [-0.2, 0) is 0 Å². The molecule has 0 radical (unpaired) electrons. The minimum atomic E-state index is 0.526. The van der Waals surface area contributed by atoms with Gasteiger partial charge in [0.15, 0.2) is 23.0 Å². The SMILES string of the molecule is CC(C)CCCC(C)CCOc1ccc2c3ccc(OCCC(C)CCCC(C)C)c(OCCC(C)CCCC(C)C)c3c3nc4c(-c5ccc(Br)s5)ccc(-c5ccc(Br)s5)c4nc3c2c1OCCC(C)CCCC(C)C. The average molecular weight is 1230 g/mol. The molecule has 4 unspecified atom stereocenters. The zero-order valence-corrected chi connectivity index (χ0v) is 54.4. The second-order valence-corrected chi connectivity index (χ2v) is 29.8. The van der Waals surface area contributed by atoms with Crippen LogP contribution in [0.25, 0.3) is 64.5 Å². The van der Waals surface area contributed by atoms with Gasteiger partial charge in [0, 0.05) is 20.9 Å². The highest BCUT2D eigenvalue weighted by molar-refractivity contribution is 9.11. The Labute approximate surface area is 495 Å². The van der Waals surface area contributed by atoms with Crippen molar-refractivity contribution in [3.63, 3.8) is 0 Å². The molecule has 78 heavy (non-hydrogen) atoms. The summed E-state index contributed by atoms with van der Waals surface area (Å²) in [6.45, 7) is 30.4. The van der Waals surface area contributed by atoms with Crippen molar-refractivity contribution in [1.29, 1.82) is 0 Å². The summed E-state index contributed by atoms with van der Waals surface area (Å²) < 4.78 is 30.5.